The summed E-state index contributed by atoms with van der Waals surface area (Å²) in [4.78, 5) is 39.5. The molecule has 0 fully saturated rings. The number of benzene rings is 2. The van der Waals surface area contributed by atoms with Crippen LogP contribution in [0.15, 0.2) is 48.5 Å². The summed E-state index contributed by atoms with van der Waals surface area (Å²) in [6, 6.07) is 9.25. The van der Waals surface area contributed by atoms with Crippen molar-refractivity contribution in [3.05, 3.63) is 65.2 Å². The first kappa shape index (κ1) is 32.9. The van der Waals surface area contributed by atoms with E-state index in [1.807, 2.05) is 31.2 Å². The fraction of sp³-hybridized carbons (Fsp3) is 0.500. The zero-order valence-corrected chi connectivity index (χ0v) is 24.1. The van der Waals surface area contributed by atoms with Crippen LogP contribution in [0.5, 0.6) is 5.75 Å². The standard InChI is InChI=1S/C30H40F3N5O4/c1-18(2)26-29(41)37-24(16-34)27(39)36-17-19(3)13-21-8-4-5-10-25(21)42-12-11-35-23(28(40)38-26)15-20-7-6-9-22(14-20)30(31,32)33/h4-10,14,18-19,23-24,26,35H,11-13,15-17,34H2,1-3H3,(H,36,39)(H,37,41)(H,38,40)/t19-,23+,24-,26+/m0/s1. The van der Waals surface area contributed by atoms with Gasteiger partial charge in [-0.1, -0.05) is 57.2 Å². The average Bonchev–Trinajstić information content (AvgIpc) is 2.94. The molecule has 0 radical (unpaired) electrons. The van der Waals surface area contributed by atoms with E-state index in [2.05, 4.69) is 21.3 Å². The lowest BCUT2D eigenvalue weighted by Crippen LogP contribution is -2.59. The minimum atomic E-state index is -4.53. The number of fused-ring (bicyclic) bond motifs is 1. The van der Waals surface area contributed by atoms with E-state index >= 15 is 0 Å². The monoisotopic (exact) mass is 591 g/mol. The van der Waals surface area contributed by atoms with Crippen LogP contribution in [0.25, 0.3) is 0 Å². The van der Waals surface area contributed by atoms with Gasteiger partial charge in [-0.15, -0.1) is 0 Å². The van der Waals surface area contributed by atoms with E-state index < -0.39 is 47.6 Å². The van der Waals surface area contributed by atoms with Crippen molar-refractivity contribution in [2.45, 2.75) is 57.9 Å². The van der Waals surface area contributed by atoms with Gasteiger partial charge in [0.25, 0.3) is 0 Å². The Balaban J connectivity index is 1.90. The van der Waals surface area contributed by atoms with Gasteiger partial charge in [-0.3, -0.25) is 14.4 Å². The Morgan fingerprint density at radius 3 is 2.40 bits per heavy atom. The maximum Gasteiger partial charge on any atom is 0.416 e. The molecule has 0 aliphatic carbocycles. The number of rotatable bonds is 4. The predicted octanol–water partition coefficient (Wildman–Crippen LogP) is 2.18. The lowest BCUT2D eigenvalue weighted by atomic mass is 9.99. The molecule has 2 aromatic rings. The van der Waals surface area contributed by atoms with E-state index in [0.29, 0.717) is 24.3 Å². The number of hydrogen-bond donors (Lipinski definition) is 5. The van der Waals surface area contributed by atoms with Crippen LogP contribution in [0.4, 0.5) is 13.2 Å². The quantitative estimate of drug-likeness (QED) is 0.370. The number of carbonyl (C=O) groups excluding carboxylic acids is 3. The van der Waals surface area contributed by atoms with Crippen molar-refractivity contribution < 1.29 is 32.3 Å². The highest BCUT2D eigenvalue weighted by Gasteiger charge is 2.33. The summed E-state index contributed by atoms with van der Waals surface area (Å²) in [5.41, 5.74) is 6.21. The smallest absolute Gasteiger partial charge is 0.416 e. The van der Waals surface area contributed by atoms with Crippen LogP contribution in [-0.2, 0) is 33.4 Å². The number of halogens is 3. The fourth-order valence-electron chi connectivity index (χ4n) is 4.70. The van der Waals surface area contributed by atoms with E-state index in [-0.39, 0.29) is 38.0 Å². The summed E-state index contributed by atoms with van der Waals surface area (Å²) in [5, 5.41) is 11.3. The van der Waals surface area contributed by atoms with Crippen molar-refractivity contribution in [1.29, 1.82) is 0 Å². The third-order valence-corrected chi connectivity index (χ3v) is 7.04. The van der Waals surface area contributed by atoms with Gasteiger partial charge in [-0.2, -0.15) is 13.2 Å². The van der Waals surface area contributed by atoms with E-state index in [9.17, 15) is 27.6 Å². The second-order valence-corrected chi connectivity index (χ2v) is 10.9. The van der Waals surface area contributed by atoms with Gasteiger partial charge in [-0.05, 0) is 47.9 Å². The first-order valence-corrected chi connectivity index (χ1v) is 14.1. The van der Waals surface area contributed by atoms with Gasteiger partial charge >= 0.3 is 6.18 Å². The number of hydrogen-bond acceptors (Lipinski definition) is 6. The molecule has 0 spiro atoms. The van der Waals surface area contributed by atoms with E-state index in [1.54, 1.807) is 13.8 Å². The van der Waals surface area contributed by atoms with Crippen LogP contribution in [-0.4, -0.2) is 62.1 Å². The molecular weight excluding hydrogens is 551 g/mol. The molecule has 4 atom stereocenters. The van der Waals surface area contributed by atoms with Crippen LogP contribution >= 0.6 is 0 Å². The zero-order valence-electron chi connectivity index (χ0n) is 24.1. The van der Waals surface area contributed by atoms with Gasteiger partial charge < -0.3 is 31.7 Å². The van der Waals surface area contributed by atoms with Crippen LogP contribution in [0.1, 0.15) is 37.5 Å². The molecule has 0 aromatic heterocycles. The summed E-state index contributed by atoms with van der Waals surface area (Å²) < 4.78 is 46.0. The lowest BCUT2D eigenvalue weighted by molar-refractivity contribution is -0.137. The van der Waals surface area contributed by atoms with Gasteiger partial charge in [0.2, 0.25) is 17.7 Å². The molecule has 0 unspecified atom stereocenters. The van der Waals surface area contributed by atoms with Crippen molar-refractivity contribution in [2.75, 3.05) is 26.2 Å². The SMILES string of the molecule is CC(C)[C@H]1NC(=O)[C@@H](Cc2cccc(C(F)(F)F)c2)NCCOc2ccccc2C[C@H](C)CNC(=O)[C@H](CN)NC1=O. The van der Waals surface area contributed by atoms with E-state index in [0.717, 1.165) is 17.7 Å². The number of nitrogens with one attached hydrogen (secondary N) is 4. The minimum Gasteiger partial charge on any atom is -0.492 e. The Kier molecular flexibility index (Phi) is 11.7. The van der Waals surface area contributed by atoms with Crippen LogP contribution in [0.3, 0.4) is 0 Å². The Hall–Kier alpha value is -3.64. The maximum atomic E-state index is 13.5. The molecule has 42 heavy (non-hydrogen) atoms. The second-order valence-electron chi connectivity index (χ2n) is 10.9. The zero-order chi connectivity index (χ0) is 30.9. The third-order valence-electron chi connectivity index (χ3n) is 7.04. The van der Waals surface area contributed by atoms with Gasteiger partial charge in [0.15, 0.2) is 0 Å². The highest BCUT2D eigenvalue weighted by Crippen LogP contribution is 2.30. The number of ether oxygens (including phenoxy) is 1. The van der Waals surface area contributed by atoms with Crippen LogP contribution in [0.2, 0.25) is 0 Å². The number of para-hydroxylation sites is 1. The maximum absolute atomic E-state index is 13.5. The van der Waals surface area contributed by atoms with E-state index in [1.165, 1.54) is 12.1 Å². The summed E-state index contributed by atoms with van der Waals surface area (Å²) in [6.45, 7) is 6.04. The predicted molar refractivity (Wildman–Crippen MR) is 153 cm³/mol. The van der Waals surface area contributed by atoms with Crippen molar-refractivity contribution in [3.8, 4) is 5.75 Å². The van der Waals surface area contributed by atoms with Gasteiger partial charge in [0, 0.05) is 19.6 Å². The second kappa shape index (κ2) is 15.0. The molecule has 2 aromatic carbocycles. The topological polar surface area (TPSA) is 135 Å². The number of alkyl halides is 3. The summed E-state index contributed by atoms with van der Waals surface area (Å²) in [6.07, 6.45) is -3.99. The molecule has 1 aliphatic rings. The molecule has 0 bridgehead atoms. The molecule has 6 N–H and O–H groups in total. The fourth-order valence-corrected chi connectivity index (χ4v) is 4.70. The Morgan fingerprint density at radius 1 is 0.976 bits per heavy atom. The highest BCUT2D eigenvalue weighted by molar-refractivity contribution is 5.93. The van der Waals surface area contributed by atoms with Crippen LogP contribution < -0.4 is 31.7 Å². The number of nitrogens with two attached hydrogens (primary N) is 1. The van der Waals surface area contributed by atoms with Crippen molar-refractivity contribution in [1.82, 2.24) is 21.3 Å². The molecule has 0 saturated heterocycles. The summed E-state index contributed by atoms with van der Waals surface area (Å²) >= 11 is 0. The molecule has 12 heteroatoms. The molecule has 230 valence electrons. The summed E-state index contributed by atoms with van der Waals surface area (Å²) in [7, 11) is 0. The molecule has 3 amide bonds. The average molecular weight is 592 g/mol. The number of amides is 3. The first-order valence-electron chi connectivity index (χ1n) is 14.1. The molecule has 0 saturated carbocycles. The molecule has 1 heterocycles. The van der Waals surface area contributed by atoms with Crippen molar-refractivity contribution in [2.24, 2.45) is 17.6 Å². The highest BCUT2D eigenvalue weighted by atomic mass is 19.4. The van der Waals surface area contributed by atoms with E-state index in [4.69, 9.17) is 10.5 Å². The Labute approximate surface area is 244 Å². The summed E-state index contributed by atoms with van der Waals surface area (Å²) in [5.74, 6) is -1.27. The van der Waals surface area contributed by atoms with Gasteiger partial charge in [0.05, 0.1) is 11.6 Å². The van der Waals surface area contributed by atoms with Gasteiger partial charge in [0.1, 0.15) is 24.4 Å². The molecular formula is C30H40F3N5O4. The first-order chi connectivity index (χ1) is 19.9. The van der Waals surface area contributed by atoms with Crippen molar-refractivity contribution >= 4 is 17.7 Å². The van der Waals surface area contributed by atoms with Crippen molar-refractivity contribution in [3.63, 3.8) is 0 Å². The Bertz CT molecular complexity index is 1220. The lowest BCUT2D eigenvalue weighted by Gasteiger charge is -2.27. The molecule has 3 rings (SSSR count). The Morgan fingerprint density at radius 2 is 1.71 bits per heavy atom. The minimum absolute atomic E-state index is 0.0457. The van der Waals surface area contributed by atoms with Crippen LogP contribution in [0, 0.1) is 11.8 Å². The molecule has 1 aliphatic heterocycles. The normalized spacial score (nSPS) is 23.5. The van der Waals surface area contributed by atoms with Gasteiger partial charge in [-0.25, -0.2) is 0 Å². The molecule has 9 nitrogen and oxygen atoms in total. The largest absolute Gasteiger partial charge is 0.492 e. The number of carbonyl (C=O) groups is 3. The third kappa shape index (κ3) is 9.45.